The Morgan fingerprint density at radius 1 is 0.887 bits per heavy atom. The molecule has 1 fully saturated rings. The van der Waals surface area contributed by atoms with Crippen molar-refractivity contribution in [3.63, 3.8) is 0 Å². The van der Waals surface area contributed by atoms with E-state index >= 15 is 0 Å². The van der Waals surface area contributed by atoms with E-state index in [0.717, 1.165) is 60.2 Å². The molecule has 7 rings (SSSR count). The minimum absolute atomic E-state index is 0.0363. The molecule has 5 heterocycles. The van der Waals surface area contributed by atoms with Crippen molar-refractivity contribution in [1.29, 1.82) is 0 Å². The summed E-state index contributed by atoms with van der Waals surface area (Å²) in [7, 11) is -2.76. The molecule has 2 aromatic carbocycles. The number of benzene rings is 2. The molecular weight excluding hydrogens is 1130 g/mol. The molecule has 5 atom stereocenters. The highest BCUT2D eigenvalue weighted by atomic mass is 35.5. The van der Waals surface area contributed by atoms with Gasteiger partial charge in [0.1, 0.15) is 48.3 Å². The average Bonchev–Trinajstić information content (AvgIpc) is 4.28. The number of aryl methyl sites for hydroxylation is 3. The first kappa shape index (κ1) is 61.8. The van der Waals surface area contributed by atoms with Crippen molar-refractivity contribution in [2.45, 2.75) is 104 Å². The summed E-state index contributed by atoms with van der Waals surface area (Å²) in [6.07, 6.45) is -1.01. The van der Waals surface area contributed by atoms with Crippen molar-refractivity contribution in [1.82, 2.24) is 40.6 Å². The van der Waals surface area contributed by atoms with Crippen LogP contribution in [-0.2, 0) is 58.3 Å². The zero-order chi connectivity index (χ0) is 57.9. The van der Waals surface area contributed by atoms with E-state index in [-0.39, 0.29) is 84.6 Å². The normalized spacial score (nSPS) is 16.9. The van der Waals surface area contributed by atoms with Crippen LogP contribution >= 0.6 is 45.1 Å². The van der Waals surface area contributed by atoms with Crippen molar-refractivity contribution in [2.75, 3.05) is 65.6 Å². The first-order chi connectivity index (χ1) is 38.0. The SMILES string of the molecule is Cc1ncsc1-c1ccc(CNC(=O)[C@@H]2C[C@@H](OC(=O)OC[C@@H](C)SS(C)(=O)=O)CN2C(=O)[C@@H](NC(=O)COCCOCCOCCNC(=O)C[C@@H]2N=C(c3ccc(Cl)cc3)c3c(sc(C)c3C)-n3c(C)nnc32)C(C)(C)C)cc1. The van der Waals surface area contributed by atoms with Crippen LogP contribution in [0.25, 0.3) is 15.4 Å². The van der Waals surface area contributed by atoms with Gasteiger partial charge >= 0.3 is 6.16 Å². The molecule has 0 radical (unpaired) electrons. The standard InChI is InChI=1S/C54H68ClN9O12S4/c1-31(79-80(9,70)71)28-75-53(69)76-40-24-42(50(67)57-26-36-10-12-38(13-11-36)47-33(3)58-30-77-47)63(27-40)51(68)48(54(6,7)8)60-44(66)29-74-23-22-73-21-20-72-19-18-56-43(65)25-41-49-62-61-35(5)64(49)52-45(32(2)34(4)78-52)46(59-41)37-14-16-39(55)17-15-37/h10-17,30-31,40-42,48H,18-29H2,1-9H3,(H,56,65)(H,57,67)(H,60,66)/t31-,40-,41+,42+,48-/m1/s1. The zero-order valence-electron chi connectivity index (χ0n) is 46.2. The number of rotatable bonds is 25. The number of thiophene rings is 1. The Morgan fingerprint density at radius 2 is 1.56 bits per heavy atom. The van der Waals surface area contributed by atoms with Crippen LogP contribution in [0.1, 0.15) is 91.1 Å². The minimum atomic E-state index is -3.40. The Labute approximate surface area is 482 Å². The fourth-order valence-electron chi connectivity index (χ4n) is 8.98. The molecule has 0 bridgehead atoms. The van der Waals surface area contributed by atoms with Crippen LogP contribution in [0.3, 0.4) is 0 Å². The number of thiazole rings is 1. The van der Waals surface area contributed by atoms with E-state index in [1.807, 2.05) is 66.9 Å². The summed E-state index contributed by atoms with van der Waals surface area (Å²) in [4.78, 5) is 80.9. The van der Waals surface area contributed by atoms with Crippen molar-refractivity contribution < 1.29 is 56.1 Å². The second-order valence-electron chi connectivity index (χ2n) is 20.4. The molecule has 0 unspecified atom stereocenters. The largest absolute Gasteiger partial charge is 0.508 e. The highest BCUT2D eigenvalue weighted by Crippen LogP contribution is 2.40. The van der Waals surface area contributed by atoms with Crippen molar-refractivity contribution in [2.24, 2.45) is 10.4 Å². The molecule has 3 N–H and O–H groups in total. The lowest BCUT2D eigenvalue weighted by Gasteiger charge is -2.35. The third-order valence-corrected chi connectivity index (χ3v) is 18.3. The summed E-state index contributed by atoms with van der Waals surface area (Å²) >= 11 is 9.41. The number of aromatic nitrogens is 4. The van der Waals surface area contributed by atoms with Crippen molar-refractivity contribution >= 4 is 89.4 Å². The Balaban J connectivity index is 0.847. The van der Waals surface area contributed by atoms with Crippen LogP contribution in [0.15, 0.2) is 59.0 Å². The third kappa shape index (κ3) is 16.7. The lowest BCUT2D eigenvalue weighted by Crippen LogP contribution is -2.58. The first-order valence-electron chi connectivity index (χ1n) is 25.9. The molecule has 0 aliphatic carbocycles. The van der Waals surface area contributed by atoms with Gasteiger partial charge in [0.25, 0.3) is 0 Å². The molecule has 0 spiro atoms. The molecular formula is C54H68ClN9O12S4. The van der Waals surface area contributed by atoms with Gasteiger partial charge in [-0.25, -0.2) is 18.2 Å². The number of nitrogens with one attached hydrogen (secondary N) is 3. The number of aliphatic imine (C=N–C) groups is 1. The number of hydrogen-bond acceptors (Lipinski definition) is 19. The minimum Gasteiger partial charge on any atom is -0.433 e. The number of halogens is 1. The Kier molecular flexibility index (Phi) is 21.5. The van der Waals surface area contributed by atoms with E-state index in [2.05, 4.69) is 45.0 Å². The van der Waals surface area contributed by atoms with Gasteiger partial charge in [-0.15, -0.1) is 32.9 Å². The molecule has 432 valence electrons. The topological polar surface area (TPSA) is 261 Å². The molecule has 0 saturated carbocycles. The highest BCUT2D eigenvalue weighted by Gasteiger charge is 2.46. The summed E-state index contributed by atoms with van der Waals surface area (Å²) in [6, 6.07) is 12.4. The van der Waals surface area contributed by atoms with Gasteiger partial charge in [0.05, 0.1) is 73.0 Å². The summed E-state index contributed by atoms with van der Waals surface area (Å²) < 4.78 is 53.1. The average molecular weight is 1200 g/mol. The Bertz CT molecular complexity index is 3140. The van der Waals surface area contributed by atoms with Gasteiger partial charge in [0, 0.05) is 46.8 Å². The summed E-state index contributed by atoms with van der Waals surface area (Å²) in [5.74, 6) is -0.594. The molecule has 2 aliphatic rings. The van der Waals surface area contributed by atoms with Gasteiger partial charge < -0.3 is 44.5 Å². The van der Waals surface area contributed by atoms with Gasteiger partial charge in [-0.1, -0.05) is 68.8 Å². The second kappa shape index (κ2) is 27.8. The molecule has 1 saturated heterocycles. The number of carbonyl (C=O) groups excluding carboxylic acids is 5. The van der Waals surface area contributed by atoms with E-state index < -0.39 is 67.6 Å². The molecule has 21 nitrogen and oxygen atoms in total. The van der Waals surface area contributed by atoms with Gasteiger partial charge in [0.2, 0.25) is 23.6 Å². The van der Waals surface area contributed by atoms with Crippen LogP contribution in [-0.4, -0.2) is 158 Å². The molecule has 2 aliphatic heterocycles. The van der Waals surface area contributed by atoms with Gasteiger partial charge in [-0.05, 0) is 79.7 Å². The molecule has 26 heteroatoms. The quantitative estimate of drug-likeness (QED) is 0.0307. The second-order valence-corrected chi connectivity index (χ2v) is 27.7. The predicted octanol–water partition coefficient (Wildman–Crippen LogP) is 6.84. The molecule has 3 aromatic heterocycles. The third-order valence-electron chi connectivity index (χ3n) is 13.0. The molecule has 5 aromatic rings. The number of amides is 4. The smallest absolute Gasteiger partial charge is 0.433 e. The summed E-state index contributed by atoms with van der Waals surface area (Å²) in [5, 5.41) is 18.4. The van der Waals surface area contributed by atoms with Crippen LogP contribution in [0.2, 0.25) is 5.02 Å². The number of nitrogens with zero attached hydrogens (tertiary/aromatic N) is 6. The monoisotopic (exact) mass is 1200 g/mol. The van der Waals surface area contributed by atoms with Gasteiger partial charge in [0.15, 0.2) is 14.7 Å². The fraction of sp³-hybridized carbons (Fsp3) is 0.500. The maximum atomic E-state index is 14.5. The van der Waals surface area contributed by atoms with E-state index in [4.69, 9.17) is 40.3 Å². The van der Waals surface area contributed by atoms with Crippen molar-refractivity contribution in [3.8, 4) is 15.4 Å². The van der Waals surface area contributed by atoms with Gasteiger partial charge in [-0.2, -0.15) is 0 Å². The summed E-state index contributed by atoms with van der Waals surface area (Å²) in [6.45, 7) is 15.3. The number of fused-ring (bicyclic) bond motifs is 3. The van der Waals surface area contributed by atoms with Crippen LogP contribution in [0, 0.1) is 33.1 Å². The molecule has 4 amide bonds. The number of likely N-dealkylation sites (tertiary alicyclic amines) is 1. The number of hydrogen-bond donors (Lipinski definition) is 3. The van der Waals surface area contributed by atoms with Gasteiger partial charge in [-0.3, -0.25) is 28.7 Å². The maximum Gasteiger partial charge on any atom is 0.508 e. The summed E-state index contributed by atoms with van der Waals surface area (Å²) in [5.41, 5.74) is 7.37. The number of ether oxygens (including phenoxy) is 5. The van der Waals surface area contributed by atoms with Crippen LogP contribution < -0.4 is 16.0 Å². The first-order valence-corrected chi connectivity index (χ1v) is 31.3. The van der Waals surface area contributed by atoms with Crippen LogP contribution in [0.5, 0.6) is 0 Å². The van der Waals surface area contributed by atoms with E-state index in [9.17, 15) is 32.4 Å². The molecule has 80 heavy (non-hydrogen) atoms. The Hall–Kier alpha value is -5.80. The van der Waals surface area contributed by atoms with E-state index in [0.29, 0.717) is 27.5 Å². The number of carbonyl (C=O) groups is 5. The maximum absolute atomic E-state index is 14.5. The van der Waals surface area contributed by atoms with E-state index in [1.165, 1.54) is 16.2 Å². The highest BCUT2D eigenvalue weighted by molar-refractivity contribution is 8.72. The van der Waals surface area contributed by atoms with Crippen molar-refractivity contribution in [3.05, 3.63) is 104 Å². The lowest BCUT2D eigenvalue weighted by molar-refractivity contribution is -0.144. The van der Waals surface area contributed by atoms with E-state index in [1.54, 1.807) is 44.5 Å². The predicted molar refractivity (Wildman–Crippen MR) is 307 cm³/mol. The fourth-order valence-corrected chi connectivity index (χ4v) is 13.8. The van der Waals surface area contributed by atoms with Crippen LogP contribution in [0.4, 0.5) is 4.79 Å². The zero-order valence-corrected chi connectivity index (χ0v) is 50.2. The lowest BCUT2D eigenvalue weighted by atomic mass is 9.85. The Morgan fingerprint density at radius 3 is 2.23 bits per heavy atom.